The molecule has 1 unspecified atom stereocenters. The zero-order valence-electron chi connectivity index (χ0n) is 11.5. The summed E-state index contributed by atoms with van der Waals surface area (Å²) in [5.74, 6) is -1.45. The summed E-state index contributed by atoms with van der Waals surface area (Å²) in [6, 6.07) is -0.545. The van der Waals surface area contributed by atoms with E-state index in [1.54, 1.807) is 11.8 Å². The largest absolute Gasteiger partial charge is 0.480 e. The highest BCUT2D eigenvalue weighted by Gasteiger charge is 2.24. The minimum absolute atomic E-state index is 0.101. The molecule has 1 aliphatic rings. The molecule has 0 bridgehead atoms. The third-order valence-electron chi connectivity index (χ3n) is 3.05. The van der Waals surface area contributed by atoms with Gasteiger partial charge in [0.2, 0.25) is 5.91 Å². The molecular formula is C12H21N3O5. The highest BCUT2D eigenvalue weighted by molar-refractivity contribution is 5.77. The van der Waals surface area contributed by atoms with Crippen molar-refractivity contribution in [2.45, 2.75) is 38.3 Å². The Morgan fingerprint density at radius 2 is 2.00 bits per heavy atom. The van der Waals surface area contributed by atoms with Gasteiger partial charge >= 0.3 is 12.0 Å². The Hall–Kier alpha value is -1.83. The average molecular weight is 287 g/mol. The van der Waals surface area contributed by atoms with E-state index in [1.165, 1.54) is 0 Å². The van der Waals surface area contributed by atoms with E-state index in [0.717, 1.165) is 0 Å². The lowest BCUT2D eigenvalue weighted by Crippen LogP contribution is -2.49. The second-order valence-electron chi connectivity index (χ2n) is 4.91. The minimum atomic E-state index is -0.995. The molecule has 0 radical (unpaired) electrons. The third-order valence-corrected chi connectivity index (χ3v) is 3.05. The highest BCUT2D eigenvalue weighted by atomic mass is 16.5. The summed E-state index contributed by atoms with van der Waals surface area (Å²) in [5.41, 5.74) is 5.06. The lowest BCUT2D eigenvalue weighted by Gasteiger charge is -2.32. The molecule has 1 rings (SSSR count). The molecule has 1 aliphatic heterocycles. The van der Waals surface area contributed by atoms with Gasteiger partial charge in [-0.2, -0.15) is 0 Å². The zero-order chi connectivity index (χ0) is 15.1. The predicted molar refractivity (Wildman–Crippen MR) is 70.0 cm³/mol. The summed E-state index contributed by atoms with van der Waals surface area (Å²) in [4.78, 5) is 34.6. The van der Waals surface area contributed by atoms with Crippen LogP contribution in [0.1, 0.15) is 26.2 Å². The van der Waals surface area contributed by atoms with Crippen molar-refractivity contribution in [1.82, 2.24) is 10.2 Å². The van der Waals surface area contributed by atoms with E-state index < -0.39 is 11.9 Å². The van der Waals surface area contributed by atoms with Gasteiger partial charge in [-0.1, -0.05) is 0 Å². The fraction of sp³-hybridized carbons (Fsp3) is 0.750. The molecule has 0 aromatic rings. The first-order valence-electron chi connectivity index (χ1n) is 6.55. The van der Waals surface area contributed by atoms with Gasteiger partial charge in [-0.15, -0.1) is 0 Å². The first kappa shape index (κ1) is 16.2. The summed E-state index contributed by atoms with van der Waals surface area (Å²) in [5, 5.41) is 11.2. The number of urea groups is 1. The number of piperidine rings is 1. The molecule has 0 spiro atoms. The second-order valence-corrected chi connectivity index (χ2v) is 4.91. The number of likely N-dealkylation sites (tertiary alicyclic amines) is 1. The summed E-state index contributed by atoms with van der Waals surface area (Å²) in [7, 11) is 0. The Morgan fingerprint density at radius 3 is 2.50 bits per heavy atom. The van der Waals surface area contributed by atoms with Gasteiger partial charge in [0.05, 0.1) is 6.10 Å². The van der Waals surface area contributed by atoms with Crippen LogP contribution in [0.4, 0.5) is 4.79 Å². The third kappa shape index (κ3) is 5.87. The van der Waals surface area contributed by atoms with Crippen LogP contribution in [0.25, 0.3) is 0 Å². The molecule has 0 aliphatic carbocycles. The van der Waals surface area contributed by atoms with Crippen LogP contribution in [0.5, 0.6) is 0 Å². The quantitative estimate of drug-likeness (QED) is 0.609. The number of amides is 3. The van der Waals surface area contributed by atoms with Crippen LogP contribution in [0.2, 0.25) is 0 Å². The first-order valence-corrected chi connectivity index (χ1v) is 6.55. The van der Waals surface area contributed by atoms with Crippen LogP contribution in [-0.2, 0) is 14.3 Å². The van der Waals surface area contributed by atoms with Gasteiger partial charge in [0.25, 0.3) is 0 Å². The maximum atomic E-state index is 11.9. The summed E-state index contributed by atoms with van der Waals surface area (Å²) in [6.07, 6.45) is 1.18. The van der Waals surface area contributed by atoms with E-state index in [4.69, 9.17) is 15.6 Å². The van der Waals surface area contributed by atoms with Crippen molar-refractivity contribution in [2.24, 2.45) is 5.73 Å². The molecule has 0 saturated carbocycles. The number of nitrogens with zero attached hydrogens (tertiary/aromatic N) is 1. The van der Waals surface area contributed by atoms with E-state index in [-0.39, 0.29) is 31.2 Å². The van der Waals surface area contributed by atoms with Crippen molar-refractivity contribution >= 4 is 17.9 Å². The SMILES string of the molecule is CC(CC(N)=O)NC(=O)N1CCC(OCC(=O)O)CC1. The Morgan fingerprint density at radius 1 is 1.40 bits per heavy atom. The molecule has 1 heterocycles. The molecule has 0 aromatic carbocycles. The number of nitrogens with two attached hydrogens (primary N) is 1. The first-order chi connectivity index (χ1) is 9.38. The van der Waals surface area contributed by atoms with Crippen molar-refractivity contribution in [3.63, 3.8) is 0 Å². The molecule has 0 aromatic heterocycles. The lowest BCUT2D eigenvalue weighted by atomic mass is 10.1. The summed E-state index contributed by atoms with van der Waals surface area (Å²) in [6.45, 7) is 2.40. The fourth-order valence-corrected chi connectivity index (χ4v) is 2.07. The van der Waals surface area contributed by atoms with Crippen LogP contribution < -0.4 is 11.1 Å². The van der Waals surface area contributed by atoms with Gasteiger partial charge in [-0.05, 0) is 19.8 Å². The lowest BCUT2D eigenvalue weighted by molar-refractivity contribution is -0.145. The number of rotatable bonds is 6. The number of primary amides is 1. The van der Waals surface area contributed by atoms with Crippen molar-refractivity contribution in [3.8, 4) is 0 Å². The number of aliphatic carboxylic acids is 1. The monoisotopic (exact) mass is 287 g/mol. The zero-order valence-corrected chi connectivity index (χ0v) is 11.5. The van der Waals surface area contributed by atoms with E-state index in [9.17, 15) is 14.4 Å². The summed E-state index contributed by atoms with van der Waals surface area (Å²) < 4.78 is 5.19. The number of hydrogen-bond donors (Lipinski definition) is 3. The number of nitrogens with one attached hydrogen (secondary N) is 1. The molecule has 8 heteroatoms. The Labute approximate surface area is 117 Å². The second kappa shape index (κ2) is 7.68. The van der Waals surface area contributed by atoms with Crippen LogP contribution in [0.15, 0.2) is 0 Å². The van der Waals surface area contributed by atoms with Crippen LogP contribution >= 0.6 is 0 Å². The summed E-state index contributed by atoms with van der Waals surface area (Å²) >= 11 is 0. The molecule has 1 atom stereocenters. The van der Waals surface area contributed by atoms with Crippen LogP contribution in [0.3, 0.4) is 0 Å². The molecule has 3 amide bonds. The maximum absolute atomic E-state index is 11.9. The topological polar surface area (TPSA) is 122 Å². The van der Waals surface area contributed by atoms with Crippen molar-refractivity contribution in [2.75, 3.05) is 19.7 Å². The van der Waals surface area contributed by atoms with Gasteiger partial charge in [0.15, 0.2) is 0 Å². The molecule has 4 N–H and O–H groups in total. The maximum Gasteiger partial charge on any atom is 0.329 e. The van der Waals surface area contributed by atoms with Gasteiger partial charge in [0.1, 0.15) is 6.61 Å². The normalized spacial score (nSPS) is 17.6. The van der Waals surface area contributed by atoms with E-state index in [0.29, 0.717) is 25.9 Å². The molecule has 114 valence electrons. The number of carbonyl (C=O) groups excluding carboxylic acids is 2. The van der Waals surface area contributed by atoms with Gasteiger partial charge < -0.3 is 25.8 Å². The molecular weight excluding hydrogens is 266 g/mol. The smallest absolute Gasteiger partial charge is 0.329 e. The fourth-order valence-electron chi connectivity index (χ4n) is 2.07. The minimum Gasteiger partial charge on any atom is -0.480 e. The molecule has 20 heavy (non-hydrogen) atoms. The number of ether oxygens (including phenoxy) is 1. The van der Waals surface area contributed by atoms with Crippen molar-refractivity contribution in [3.05, 3.63) is 0 Å². The van der Waals surface area contributed by atoms with E-state index in [2.05, 4.69) is 5.32 Å². The number of carbonyl (C=O) groups is 3. The van der Waals surface area contributed by atoms with Crippen molar-refractivity contribution in [1.29, 1.82) is 0 Å². The average Bonchev–Trinajstić information content (AvgIpc) is 2.35. The molecule has 8 nitrogen and oxygen atoms in total. The predicted octanol–water partition coefficient (Wildman–Crippen LogP) is -0.474. The van der Waals surface area contributed by atoms with E-state index >= 15 is 0 Å². The Bertz CT molecular complexity index is 366. The Balaban J connectivity index is 2.28. The number of hydrogen-bond acceptors (Lipinski definition) is 4. The van der Waals surface area contributed by atoms with Gasteiger partial charge in [-0.3, -0.25) is 4.79 Å². The van der Waals surface area contributed by atoms with E-state index in [1.807, 2.05) is 0 Å². The van der Waals surface area contributed by atoms with Crippen molar-refractivity contribution < 1.29 is 24.2 Å². The van der Waals surface area contributed by atoms with Crippen LogP contribution in [-0.4, -0.2) is 59.8 Å². The Kier molecular flexibility index (Phi) is 6.23. The number of carboxylic acid groups (broad SMARTS) is 1. The van der Waals surface area contributed by atoms with Crippen LogP contribution in [0, 0.1) is 0 Å². The van der Waals surface area contributed by atoms with Gasteiger partial charge in [-0.25, -0.2) is 9.59 Å². The standard InChI is InChI=1S/C12H21N3O5/c1-8(6-10(13)16)14-12(19)15-4-2-9(3-5-15)20-7-11(17)18/h8-9H,2-7H2,1H3,(H2,13,16)(H,14,19)(H,17,18). The molecule has 1 fully saturated rings. The van der Waals surface area contributed by atoms with Gasteiger partial charge in [0, 0.05) is 25.6 Å². The molecule has 1 saturated heterocycles. The number of carboxylic acids is 1. The highest BCUT2D eigenvalue weighted by Crippen LogP contribution is 2.13.